The summed E-state index contributed by atoms with van der Waals surface area (Å²) in [7, 11) is 4.34. The van der Waals surface area contributed by atoms with Crippen molar-refractivity contribution < 1.29 is 0 Å². The molecule has 0 aromatic heterocycles. The lowest BCUT2D eigenvalue weighted by Crippen LogP contribution is -2.57. The van der Waals surface area contributed by atoms with E-state index in [1.807, 2.05) is 6.92 Å². The Morgan fingerprint density at radius 3 is 2.19 bits per heavy atom. The van der Waals surface area contributed by atoms with E-state index in [0.717, 1.165) is 6.42 Å². The summed E-state index contributed by atoms with van der Waals surface area (Å²) < 4.78 is 0. The Bertz CT molecular complexity index is 252. The molecule has 0 aromatic rings. The zero-order valence-corrected chi connectivity index (χ0v) is 11.1. The van der Waals surface area contributed by atoms with Crippen LogP contribution >= 0.6 is 0 Å². The van der Waals surface area contributed by atoms with Gasteiger partial charge in [0.25, 0.3) is 0 Å². The van der Waals surface area contributed by atoms with Crippen LogP contribution in [-0.2, 0) is 0 Å². The van der Waals surface area contributed by atoms with Crippen molar-refractivity contribution in [3.8, 4) is 11.8 Å². The number of rotatable bonds is 3. The van der Waals surface area contributed by atoms with E-state index in [4.69, 9.17) is 5.73 Å². The third kappa shape index (κ3) is 2.99. The molecule has 0 aromatic carbocycles. The highest BCUT2D eigenvalue weighted by atomic mass is 15.2. The molecular formula is C14H26N2. The van der Waals surface area contributed by atoms with Crippen molar-refractivity contribution in [2.45, 2.75) is 63.5 Å². The van der Waals surface area contributed by atoms with Crippen LogP contribution in [0, 0.1) is 11.8 Å². The minimum absolute atomic E-state index is 0.181. The predicted molar refractivity (Wildman–Crippen MR) is 70.2 cm³/mol. The number of nitrogens with two attached hydrogens (primary N) is 1. The maximum atomic E-state index is 6.40. The van der Waals surface area contributed by atoms with Crippen LogP contribution in [-0.4, -0.2) is 30.6 Å². The summed E-state index contributed by atoms with van der Waals surface area (Å²) in [6, 6.07) is 0.188. The van der Waals surface area contributed by atoms with Crippen LogP contribution in [0.1, 0.15) is 51.9 Å². The summed E-state index contributed by atoms with van der Waals surface area (Å²) in [6.07, 6.45) is 8.63. The van der Waals surface area contributed by atoms with Crippen molar-refractivity contribution in [1.82, 2.24) is 4.90 Å². The number of likely N-dealkylation sites (N-methyl/N-ethyl adjacent to an activating group) is 1. The first-order chi connectivity index (χ1) is 7.63. The van der Waals surface area contributed by atoms with Crippen LogP contribution in [0.3, 0.4) is 0 Å². The lowest BCUT2D eigenvalue weighted by molar-refractivity contribution is 0.0986. The Labute approximate surface area is 101 Å². The topological polar surface area (TPSA) is 29.3 Å². The van der Waals surface area contributed by atoms with E-state index in [1.54, 1.807) is 0 Å². The fourth-order valence-electron chi connectivity index (χ4n) is 2.89. The molecule has 1 rings (SSSR count). The standard InChI is InChI=1S/C14H26N2/c1-4-5-10-13(15)14(16(2)3)11-8-6-7-9-12-14/h13H,6-12,15H2,1-3H3. The van der Waals surface area contributed by atoms with Crippen molar-refractivity contribution in [3.63, 3.8) is 0 Å². The summed E-state index contributed by atoms with van der Waals surface area (Å²) >= 11 is 0. The Morgan fingerprint density at radius 2 is 1.75 bits per heavy atom. The van der Waals surface area contributed by atoms with Crippen LogP contribution in [0.2, 0.25) is 0 Å². The van der Waals surface area contributed by atoms with Crippen LogP contribution in [0.25, 0.3) is 0 Å². The number of hydrogen-bond donors (Lipinski definition) is 1. The SMILES string of the molecule is CC#CCC(N)C1(N(C)C)CCCCCC1. The van der Waals surface area contributed by atoms with Gasteiger partial charge in [-0.1, -0.05) is 25.7 Å². The Hall–Kier alpha value is -0.520. The summed E-state index contributed by atoms with van der Waals surface area (Å²) in [5.41, 5.74) is 6.58. The summed E-state index contributed by atoms with van der Waals surface area (Å²) in [6.45, 7) is 1.89. The first-order valence-corrected chi connectivity index (χ1v) is 6.46. The second kappa shape index (κ2) is 6.27. The molecule has 0 saturated heterocycles. The summed E-state index contributed by atoms with van der Waals surface area (Å²) in [5.74, 6) is 6.10. The van der Waals surface area contributed by atoms with Gasteiger partial charge < -0.3 is 10.6 Å². The van der Waals surface area contributed by atoms with Gasteiger partial charge in [0.05, 0.1) is 0 Å². The molecular weight excluding hydrogens is 196 g/mol. The lowest BCUT2D eigenvalue weighted by Gasteiger charge is -2.43. The van der Waals surface area contributed by atoms with Crippen molar-refractivity contribution in [2.24, 2.45) is 5.73 Å². The van der Waals surface area contributed by atoms with Gasteiger partial charge in [0.1, 0.15) is 0 Å². The zero-order valence-electron chi connectivity index (χ0n) is 11.1. The fourth-order valence-corrected chi connectivity index (χ4v) is 2.89. The van der Waals surface area contributed by atoms with Crippen LogP contribution in [0.5, 0.6) is 0 Å². The van der Waals surface area contributed by atoms with Gasteiger partial charge in [-0.3, -0.25) is 0 Å². The molecule has 1 saturated carbocycles. The maximum Gasteiger partial charge on any atom is 0.0363 e. The van der Waals surface area contributed by atoms with Gasteiger partial charge in [-0.25, -0.2) is 0 Å². The van der Waals surface area contributed by atoms with Crippen LogP contribution in [0.15, 0.2) is 0 Å². The fraction of sp³-hybridized carbons (Fsp3) is 0.857. The van der Waals surface area contributed by atoms with Crippen molar-refractivity contribution in [3.05, 3.63) is 0 Å². The largest absolute Gasteiger partial charge is 0.325 e. The van der Waals surface area contributed by atoms with Crippen molar-refractivity contribution >= 4 is 0 Å². The molecule has 2 nitrogen and oxygen atoms in total. The third-order valence-electron chi connectivity index (χ3n) is 4.05. The van der Waals surface area contributed by atoms with Gasteiger partial charge in [0, 0.05) is 18.0 Å². The minimum Gasteiger partial charge on any atom is -0.325 e. The summed E-state index contributed by atoms with van der Waals surface area (Å²) in [5, 5.41) is 0. The monoisotopic (exact) mass is 222 g/mol. The molecule has 1 aliphatic carbocycles. The number of hydrogen-bond acceptors (Lipinski definition) is 2. The molecule has 2 N–H and O–H groups in total. The highest BCUT2D eigenvalue weighted by Gasteiger charge is 2.38. The van der Waals surface area contributed by atoms with E-state index in [9.17, 15) is 0 Å². The van der Waals surface area contributed by atoms with Crippen molar-refractivity contribution in [1.29, 1.82) is 0 Å². The van der Waals surface area contributed by atoms with Gasteiger partial charge in [0.15, 0.2) is 0 Å². The zero-order chi connectivity index (χ0) is 12.0. The molecule has 1 unspecified atom stereocenters. The van der Waals surface area contributed by atoms with Gasteiger partial charge in [-0.15, -0.1) is 11.8 Å². The second-order valence-corrected chi connectivity index (χ2v) is 5.15. The van der Waals surface area contributed by atoms with Gasteiger partial charge >= 0.3 is 0 Å². The van der Waals surface area contributed by atoms with E-state index >= 15 is 0 Å². The van der Waals surface area contributed by atoms with E-state index in [2.05, 4.69) is 30.8 Å². The third-order valence-corrected chi connectivity index (χ3v) is 4.05. The smallest absolute Gasteiger partial charge is 0.0363 e. The minimum atomic E-state index is 0.181. The number of nitrogens with zero attached hydrogens (tertiary/aromatic N) is 1. The molecule has 0 aliphatic heterocycles. The molecule has 0 bridgehead atoms. The van der Waals surface area contributed by atoms with Gasteiger partial charge in [-0.2, -0.15) is 0 Å². The average Bonchev–Trinajstić information content (AvgIpc) is 2.52. The predicted octanol–water partition coefficient (Wildman–Crippen LogP) is 2.38. The highest BCUT2D eigenvalue weighted by Crippen LogP contribution is 2.34. The molecule has 1 aliphatic rings. The second-order valence-electron chi connectivity index (χ2n) is 5.15. The average molecular weight is 222 g/mol. The Kier molecular flexibility index (Phi) is 5.31. The quantitative estimate of drug-likeness (QED) is 0.587. The molecule has 0 heterocycles. The van der Waals surface area contributed by atoms with Crippen molar-refractivity contribution in [2.75, 3.05) is 14.1 Å². The maximum absolute atomic E-state index is 6.40. The van der Waals surface area contributed by atoms with Crippen LogP contribution in [0.4, 0.5) is 0 Å². The van der Waals surface area contributed by atoms with Crippen LogP contribution < -0.4 is 5.73 Å². The lowest BCUT2D eigenvalue weighted by atomic mass is 9.80. The van der Waals surface area contributed by atoms with E-state index in [-0.39, 0.29) is 11.6 Å². The van der Waals surface area contributed by atoms with Gasteiger partial charge in [-0.05, 0) is 33.9 Å². The molecule has 0 radical (unpaired) electrons. The van der Waals surface area contributed by atoms with E-state index in [1.165, 1.54) is 38.5 Å². The summed E-state index contributed by atoms with van der Waals surface area (Å²) in [4.78, 5) is 2.35. The van der Waals surface area contributed by atoms with Gasteiger partial charge in [0.2, 0.25) is 0 Å². The molecule has 92 valence electrons. The molecule has 1 fully saturated rings. The first kappa shape index (κ1) is 13.5. The van der Waals surface area contributed by atoms with E-state index < -0.39 is 0 Å². The molecule has 16 heavy (non-hydrogen) atoms. The molecule has 0 spiro atoms. The first-order valence-electron chi connectivity index (χ1n) is 6.46. The normalized spacial score (nSPS) is 22.1. The molecule has 2 heteroatoms. The Morgan fingerprint density at radius 1 is 1.19 bits per heavy atom. The molecule has 1 atom stereocenters. The Balaban J connectivity index is 2.79. The molecule has 0 amide bonds. The van der Waals surface area contributed by atoms with E-state index in [0.29, 0.717) is 0 Å². The highest BCUT2D eigenvalue weighted by molar-refractivity contribution is 5.06.